The van der Waals surface area contributed by atoms with Crippen molar-refractivity contribution >= 4 is 28.3 Å². The molecule has 0 fully saturated rings. The quantitative estimate of drug-likeness (QED) is 0.471. The summed E-state index contributed by atoms with van der Waals surface area (Å²) in [5.41, 5.74) is 1.79. The molecule has 0 radical (unpaired) electrons. The second-order valence-corrected chi connectivity index (χ2v) is 8.41. The molecule has 3 N–H and O–H groups in total. The predicted octanol–water partition coefficient (Wildman–Crippen LogP) is 3.69. The summed E-state index contributed by atoms with van der Waals surface area (Å²) in [5.74, 6) is 0.657. The number of aromatic amines is 1. The van der Waals surface area contributed by atoms with Crippen LogP contribution in [-0.4, -0.2) is 40.5 Å². The molecule has 1 aliphatic rings. The van der Waals surface area contributed by atoms with Crippen LogP contribution in [0.3, 0.4) is 0 Å². The minimum Gasteiger partial charge on any atom is -0.459 e. The number of fused-ring (bicyclic) bond motifs is 1. The van der Waals surface area contributed by atoms with Crippen LogP contribution < -0.4 is 5.32 Å². The molecule has 2 aromatic heterocycles. The molecular weight excluding hydrogens is 414 g/mol. The third-order valence-electron chi connectivity index (χ3n) is 5.36. The number of para-hydroxylation sites is 2. The van der Waals surface area contributed by atoms with E-state index in [2.05, 4.69) is 21.4 Å². The number of carbonyl (C=O) groups excluding carboxylic acids is 1. The molecule has 0 saturated heterocycles. The highest BCUT2D eigenvalue weighted by atomic mass is 32.1. The second kappa shape index (κ2) is 10.1. The van der Waals surface area contributed by atoms with Crippen LogP contribution in [0.4, 0.5) is 0 Å². The van der Waals surface area contributed by atoms with Crippen molar-refractivity contribution in [2.45, 2.75) is 38.5 Å². The van der Waals surface area contributed by atoms with E-state index in [0.717, 1.165) is 22.3 Å². The van der Waals surface area contributed by atoms with E-state index < -0.39 is 6.29 Å². The van der Waals surface area contributed by atoms with E-state index in [4.69, 9.17) is 9.47 Å². The zero-order chi connectivity index (χ0) is 21.6. The summed E-state index contributed by atoms with van der Waals surface area (Å²) in [7, 11) is 0. The van der Waals surface area contributed by atoms with Crippen LogP contribution >= 0.6 is 11.3 Å². The number of carbonyl (C=O) groups is 1. The number of aliphatic hydroxyl groups is 1. The minimum atomic E-state index is -0.541. The average molecular weight is 442 g/mol. The number of thiophene rings is 1. The zero-order valence-electron chi connectivity index (χ0n) is 17.4. The molecule has 0 aliphatic carbocycles. The Morgan fingerprint density at radius 1 is 1.32 bits per heavy atom. The summed E-state index contributed by atoms with van der Waals surface area (Å²) in [4.78, 5) is 21.8. The topological polar surface area (TPSA) is 96.5 Å². The lowest BCUT2D eigenvalue weighted by Gasteiger charge is -2.36. The number of nitrogens with zero attached hydrogens (tertiary/aromatic N) is 1. The third-order valence-corrected chi connectivity index (χ3v) is 6.34. The van der Waals surface area contributed by atoms with E-state index in [1.807, 2.05) is 48.7 Å². The summed E-state index contributed by atoms with van der Waals surface area (Å²) >= 11 is 1.65. The van der Waals surface area contributed by atoms with Crippen molar-refractivity contribution in [3.05, 3.63) is 64.3 Å². The molecule has 164 valence electrons. The molecule has 3 heterocycles. The normalized spacial score (nSPS) is 21.0. The van der Waals surface area contributed by atoms with Gasteiger partial charge < -0.3 is 24.9 Å². The van der Waals surface area contributed by atoms with Crippen molar-refractivity contribution in [3.63, 3.8) is 0 Å². The van der Waals surface area contributed by atoms with Crippen molar-refractivity contribution in [3.8, 4) is 0 Å². The van der Waals surface area contributed by atoms with E-state index in [9.17, 15) is 9.90 Å². The van der Waals surface area contributed by atoms with Crippen LogP contribution in [0.25, 0.3) is 11.0 Å². The van der Waals surface area contributed by atoms with Gasteiger partial charge in [0.05, 0.1) is 17.6 Å². The molecule has 4 rings (SSSR count). The van der Waals surface area contributed by atoms with Crippen LogP contribution in [0.2, 0.25) is 0 Å². The number of benzene rings is 1. The van der Waals surface area contributed by atoms with Gasteiger partial charge in [0.1, 0.15) is 5.82 Å². The number of hydrogen-bond donors (Lipinski definition) is 3. The summed E-state index contributed by atoms with van der Waals surface area (Å²) in [6.45, 7) is 2.77. The Labute approximate surface area is 185 Å². The Morgan fingerprint density at radius 2 is 2.19 bits per heavy atom. The number of hydrogen-bond acceptors (Lipinski definition) is 6. The van der Waals surface area contributed by atoms with E-state index in [0.29, 0.717) is 18.9 Å². The van der Waals surface area contributed by atoms with Crippen molar-refractivity contribution < 1.29 is 19.4 Å². The number of nitrogens with one attached hydrogen (secondary N) is 2. The monoisotopic (exact) mass is 441 g/mol. The van der Waals surface area contributed by atoms with Gasteiger partial charge in [-0.05, 0) is 49.4 Å². The highest BCUT2D eigenvalue weighted by Crippen LogP contribution is 2.40. The number of H-pyrrole nitrogens is 1. The Bertz CT molecular complexity index is 998. The summed E-state index contributed by atoms with van der Waals surface area (Å²) in [6.07, 6.45) is 2.74. The number of ether oxygens (including phenoxy) is 2. The molecule has 3 aromatic rings. The van der Waals surface area contributed by atoms with E-state index >= 15 is 0 Å². The molecule has 8 heteroatoms. The first-order chi connectivity index (χ1) is 15.2. The third kappa shape index (κ3) is 4.98. The molecule has 0 unspecified atom stereocenters. The average Bonchev–Trinajstić information content (AvgIpc) is 3.46. The SMILES string of the molecule is CCO[C@@H]1OC(C(=O)NCc2nc3ccccc3[nH]2)=C[C@H](c2cccs2)[C@@H]1CCCO. The van der Waals surface area contributed by atoms with Gasteiger partial charge in [0.2, 0.25) is 6.29 Å². The molecule has 1 aliphatic heterocycles. The van der Waals surface area contributed by atoms with Gasteiger partial charge in [0.25, 0.3) is 5.91 Å². The number of amides is 1. The van der Waals surface area contributed by atoms with Gasteiger partial charge in [-0.3, -0.25) is 4.79 Å². The molecule has 0 saturated carbocycles. The van der Waals surface area contributed by atoms with Gasteiger partial charge in [-0.2, -0.15) is 0 Å². The molecule has 3 atom stereocenters. The lowest BCUT2D eigenvalue weighted by Crippen LogP contribution is -2.38. The number of aliphatic hydroxyl groups excluding tert-OH is 1. The lowest BCUT2D eigenvalue weighted by atomic mass is 9.84. The van der Waals surface area contributed by atoms with Gasteiger partial charge in [-0.1, -0.05) is 18.2 Å². The zero-order valence-corrected chi connectivity index (χ0v) is 18.2. The summed E-state index contributed by atoms with van der Waals surface area (Å²) in [5, 5.41) is 14.3. The Morgan fingerprint density at radius 3 is 2.94 bits per heavy atom. The molecule has 0 spiro atoms. The van der Waals surface area contributed by atoms with E-state index in [1.54, 1.807) is 11.3 Å². The van der Waals surface area contributed by atoms with Crippen molar-refractivity contribution in [1.29, 1.82) is 0 Å². The van der Waals surface area contributed by atoms with Gasteiger partial charge in [0.15, 0.2) is 5.76 Å². The van der Waals surface area contributed by atoms with Crippen LogP contribution in [0.5, 0.6) is 0 Å². The fourth-order valence-electron chi connectivity index (χ4n) is 3.92. The fourth-order valence-corrected chi connectivity index (χ4v) is 4.79. The standard InChI is InChI=1S/C23H27N3O4S/c1-2-29-23-15(7-5-11-27)16(20-10-6-12-31-20)13-19(30-23)22(28)24-14-21-25-17-8-3-4-9-18(17)26-21/h3-4,6,8-10,12-13,15-16,23,27H,2,5,7,11,14H2,1H3,(H,24,28)(H,25,26)/t15-,16-,23+/m0/s1. The Kier molecular flexibility index (Phi) is 7.01. The van der Waals surface area contributed by atoms with E-state index in [-0.39, 0.29) is 36.7 Å². The number of rotatable bonds is 9. The fraction of sp³-hybridized carbons (Fsp3) is 0.391. The van der Waals surface area contributed by atoms with Crippen LogP contribution in [0.15, 0.2) is 53.6 Å². The number of imidazole rings is 1. The molecule has 1 aromatic carbocycles. The maximum Gasteiger partial charge on any atom is 0.286 e. The van der Waals surface area contributed by atoms with Gasteiger partial charge in [-0.15, -0.1) is 11.3 Å². The maximum absolute atomic E-state index is 12.9. The Hall–Kier alpha value is -2.68. The largest absolute Gasteiger partial charge is 0.459 e. The molecule has 1 amide bonds. The Balaban J connectivity index is 1.52. The first-order valence-corrected chi connectivity index (χ1v) is 11.4. The summed E-state index contributed by atoms with van der Waals surface area (Å²) < 4.78 is 11.9. The highest BCUT2D eigenvalue weighted by molar-refractivity contribution is 7.10. The number of allylic oxidation sites excluding steroid dienone is 1. The highest BCUT2D eigenvalue weighted by Gasteiger charge is 2.38. The van der Waals surface area contributed by atoms with Crippen molar-refractivity contribution in [2.24, 2.45) is 5.92 Å². The first kappa shape index (κ1) is 21.5. The van der Waals surface area contributed by atoms with E-state index in [1.165, 1.54) is 0 Å². The van der Waals surface area contributed by atoms with Gasteiger partial charge >= 0.3 is 0 Å². The number of aromatic nitrogens is 2. The molecule has 31 heavy (non-hydrogen) atoms. The van der Waals surface area contributed by atoms with Crippen molar-refractivity contribution in [1.82, 2.24) is 15.3 Å². The maximum atomic E-state index is 12.9. The smallest absolute Gasteiger partial charge is 0.286 e. The van der Waals surface area contributed by atoms with Crippen LogP contribution in [-0.2, 0) is 20.8 Å². The van der Waals surface area contributed by atoms with Gasteiger partial charge in [0, 0.05) is 29.9 Å². The second-order valence-electron chi connectivity index (χ2n) is 7.43. The lowest BCUT2D eigenvalue weighted by molar-refractivity contribution is -0.166. The predicted molar refractivity (Wildman–Crippen MR) is 119 cm³/mol. The molecule has 7 nitrogen and oxygen atoms in total. The van der Waals surface area contributed by atoms with Crippen LogP contribution in [0.1, 0.15) is 36.4 Å². The first-order valence-electron chi connectivity index (χ1n) is 10.6. The summed E-state index contributed by atoms with van der Waals surface area (Å²) in [6, 6.07) is 11.8. The van der Waals surface area contributed by atoms with Crippen LogP contribution in [0, 0.1) is 5.92 Å². The minimum absolute atomic E-state index is 0.0104. The molecular formula is C23H27N3O4S. The van der Waals surface area contributed by atoms with Crippen molar-refractivity contribution in [2.75, 3.05) is 13.2 Å². The molecule has 0 bridgehead atoms. The van der Waals surface area contributed by atoms with Gasteiger partial charge in [-0.25, -0.2) is 4.98 Å².